The van der Waals surface area contributed by atoms with E-state index < -0.39 is 0 Å². The van der Waals surface area contributed by atoms with Gasteiger partial charge in [-0.05, 0) is 61.7 Å². The molecule has 5 nitrogen and oxygen atoms in total. The van der Waals surface area contributed by atoms with Gasteiger partial charge in [0.2, 0.25) is 11.8 Å². The summed E-state index contributed by atoms with van der Waals surface area (Å²) in [6.45, 7) is 1.88. The third kappa shape index (κ3) is 3.22. The molecule has 2 aromatic carbocycles. The van der Waals surface area contributed by atoms with E-state index in [4.69, 9.17) is 11.6 Å². The van der Waals surface area contributed by atoms with Crippen LogP contribution < -0.4 is 10.2 Å². The number of hydrogen-bond donors (Lipinski definition) is 1. The van der Waals surface area contributed by atoms with Crippen molar-refractivity contribution in [2.75, 3.05) is 10.2 Å². The van der Waals surface area contributed by atoms with E-state index in [1.807, 2.05) is 25.1 Å². The number of benzene rings is 2. The number of carbonyl (C=O) groups is 3. The predicted octanol–water partition coefficient (Wildman–Crippen LogP) is 4.36. The van der Waals surface area contributed by atoms with Crippen molar-refractivity contribution in [3.63, 3.8) is 0 Å². The molecule has 1 saturated heterocycles. The third-order valence-electron chi connectivity index (χ3n) is 5.34. The Hall–Kier alpha value is -2.92. The average Bonchev–Trinajstić information content (AvgIpc) is 2.96. The van der Waals surface area contributed by atoms with Gasteiger partial charge < -0.3 is 5.32 Å². The second-order valence-electron chi connectivity index (χ2n) is 7.13. The maximum Gasteiger partial charge on any atom is 0.255 e. The van der Waals surface area contributed by atoms with Crippen LogP contribution >= 0.6 is 11.6 Å². The van der Waals surface area contributed by atoms with Crippen LogP contribution in [0.15, 0.2) is 54.6 Å². The van der Waals surface area contributed by atoms with Gasteiger partial charge in [-0.3, -0.25) is 19.3 Å². The van der Waals surface area contributed by atoms with E-state index in [9.17, 15) is 14.4 Å². The summed E-state index contributed by atoms with van der Waals surface area (Å²) in [5, 5.41) is 3.38. The zero-order valence-electron chi connectivity index (χ0n) is 15.3. The number of aryl methyl sites for hydroxylation is 1. The van der Waals surface area contributed by atoms with E-state index in [0.717, 1.165) is 5.56 Å². The molecule has 2 aliphatic rings. The largest absolute Gasteiger partial charge is 0.322 e. The maximum atomic E-state index is 12.7. The Morgan fingerprint density at radius 3 is 2.21 bits per heavy atom. The van der Waals surface area contributed by atoms with Crippen molar-refractivity contribution in [1.29, 1.82) is 0 Å². The molecule has 1 heterocycles. The number of halogens is 1. The van der Waals surface area contributed by atoms with Gasteiger partial charge in [-0.25, -0.2) is 0 Å². The first-order chi connectivity index (χ1) is 13.5. The van der Waals surface area contributed by atoms with Gasteiger partial charge >= 0.3 is 0 Å². The number of imide groups is 1. The van der Waals surface area contributed by atoms with Crippen molar-refractivity contribution in [3.05, 3.63) is 70.8 Å². The Morgan fingerprint density at radius 1 is 1.00 bits per heavy atom. The number of hydrogen-bond acceptors (Lipinski definition) is 3. The summed E-state index contributed by atoms with van der Waals surface area (Å²) in [5.74, 6) is -1.15. The summed E-state index contributed by atoms with van der Waals surface area (Å²) in [6, 6.07) is 11.8. The quantitative estimate of drug-likeness (QED) is 0.621. The predicted molar refractivity (Wildman–Crippen MR) is 108 cm³/mol. The molecule has 0 aromatic heterocycles. The molecule has 3 amide bonds. The third-order valence-corrected chi connectivity index (χ3v) is 5.58. The van der Waals surface area contributed by atoms with E-state index in [0.29, 0.717) is 34.8 Å². The lowest BCUT2D eigenvalue weighted by atomic mass is 9.85. The van der Waals surface area contributed by atoms with Crippen molar-refractivity contribution >= 4 is 40.7 Å². The van der Waals surface area contributed by atoms with E-state index in [1.54, 1.807) is 36.4 Å². The van der Waals surface area contributed by atoms with Crippen LogP contribution in [0.2, 0.25) is 5.02 Å². The molecule has 1 aliphatic heterocycles. The summed E-state index contributed by atoms with van der Waals surface area (Å²) >= 11 is 5.99. The van der Waals surface area contributed by atoms with Gasteiger partial charge in [-0.2, -0.15) is 0 Å². The fraction of sp³-hybridized carbons (Fsp3) is 0.227. The van der Waals surface area contributed by atoms with Crippen LogP contribution in [-0.4, -0.2) is 17.7 Å². The molecular formula is C22H19ClN2O3. The molecule has 4 rings (SSSR count). The molecule has 2 aromatic rings. The maximum absolute atomic E-state index is 12.7. The molecule has 0 spiro atoms. The van der Waals surface area contributed by atoms with Crippen molar-refractivity contribution in [2.24, 2.45) is 11.8 Å². The summed E-state index contributed by atoms with van der Waals surface area (Å²) < 4.78 is 0. The van der Waals surface area contributed by atoms with Crippen molar-refractivity contribution < 1.29 is 14.4 Å². The molecule has 0 saturated carbocycles. The number of fused-ring (bicyclic) bond motifs is 1. The fourth-order valence-corrected chi connectivity index (χ4v) is 3.91. The highest BCUT2D eigenvalue weighted by Crippen LogP contribution is 2.37. The van der Waals surface area contributed by atoms with E-state index in [1.165, 1.54) is 4.90 Å². The Morgan fingerprint density at radius 2 is 1.61 bits per heavy atom. The first-order valence-corrected chi connectivity index (χ1v) is 9.54. The van der Waals surface area contributed by atoms with Gasteiger partial charge in [0.25, 0.3) is 5.91 Å². The van der Waals surface area contributed by atoms with E-state index in [2.05, 4.69) is 5.32 Å². The second kappa shape index (κ2) is 7.24. The van der Waals surface area contributed by atoms with Crippen LogP contribution in [0.3, 0.4) is 0 Å². The summed E-state index contributed by atoms with van der Waals surface area (Å²) in [4.78, 5) is 39.1. The Balaban J connectivity index is 1.52. The highest BCUT2D eigenvalue weighted by atomic mass is 35.5. The van der Waals surface area contributed by atoms with Crippen molar-refractivity contribution in [2.45, 2.75) is 19.8 Å². The fourth-order valence-electron chi connectivity index (χ4n) is 3.74. The van der Waals surface area contributed by atoms with Crippen LogP contribution in [0.1, 0.15) is 28.8 Å². The summed E-state index contributed by atoms with van der Waals surface area (Å²) in [6.07, 6.45) is 5.12. The monoisotopic (exact) mass is 394 g/mol. The number of rotatable bonds is 3. The Labute approximate surface area is 168 Å². The van der Waals surface area contributed by atoms with Crippen LogP contribution in [-0.2, 0) is 9.59 Å². The Kier molecular flexibility index (Phi) is 4.77. The van der Waals surface area contributed by atoms with Gasteiger partial charge in [-0.15, -0.1) is 0 Å². The highest BCUT2D eigenvalue weighted by molar-refractivity contribution is 6.31. The molecule has 0 radical (unpaired) electrons. The Bertz CT molecular complexity index is 971. The minimum atomic E-state index is -0.283. The number of nitrogens with one attached hydrogen (secondary N) is 1. The number of anilines is 2. The summed E-state index contributed by atoms with van der Waals surface area (Å²) in [5.41, 5.74) is 2.48. The van der Waals surface area contributed by atoms with Crippen LogP contribution in [0.4, 0.5) is 11.4 Å². The lowest BCUT2D eigenvalue weighted by molar-refractivity contribution is -0.122. The van der Waals surface area contributed by atoms with E-state index >= 15 is 0 Å². The minimum absolute atomic E-state index is 0.161. The van der Waals surface area contributed by atoms with Gasteiger partial charge in [0.05, 0.1) is 17.5 Å². The molecule has 142 valence electrons. The smallest absolute Gasteiger partial charge is 0.255 e. The molecule has 2 atom stereocenters. The standard InChI is InChI=1S/C22H19ClN2O3/c1-13-6-9-15(23)12-19(13)24-20(26)14-7-10-16(11-8-14)25-21(27)17-4-2-3-5-18(17)22(25)28/h2-3,6-12,17-18H,4-5H2,1H3,(H,24,26)/t17-,18-/m0/s1. The van der Waals surface area contributed by atoms with Gasteiger partial charge in [-0.1, -0.05) is 29.8 Å². The van der Waals surface area contributed by atoms with E-state index in [-0.39, 0.29) is 29.6 Å². The normalized spacial score (nSPS) is 21.0. The number of allylic oxidation sites excluding steroid dienone is 2. The number of amides is 3. The number of nitrogens with zero attached hydrogens (tertiary/aromatic N) is 1. The lowest BCUT2D eigenvalue weighted by Gasteiger charge is -2.15. The summed E-state index contributed by atoms with van der Waals surface area (Å²) in [7, 11) is 0. The van der Waals surface area contributed by atoms with Crippen LogP contribution in [0, 0.1) is 18.8 Å². The minimum Gasteiger partial charge on any atom is -0.322 e. The molecule has 0 bridgehead atoms. The molecule has 1 aliphatic carbocycles. The molecule has 1 N–H and O–H groups in total. The molecule has 1 fully saturated rings. The first kappa shape index (κ1) is 18.4. The van der Waals surface area contributed by atoms with Crippen molar-refractivity contribution in [3.8, 4) is 0 Å². The van der Waals surface area contributed by atoms with Gasteiger partial charge in [0.15, 0.2) is 0 Å². The molecule has 6 heteroatoms. The first-order valence-electron chi connectivity index (χ1n) is 9.16. The number of carbonyl (C=O) groups excluding carboxylic acids is 3. The molecular weight excluding hydrogens is 376 g/mol. The van der Waals surface area contributed by atoms with Gasteiger partial charge in [0, 0.05) is 16.3 Å². The highest BCUT2D eigenvalue weighted by Gasteiger charge is 2.47. The SMILES string of the molecule is Cc1ccc(Cl)cc1NC(=O)c1ccc(N2C(=O)[C@H]3CC=CC[C@@H]3C2=O)cc1. The average molecular weight is 395 g/mol. The zero-order chi connectivity index (χ0) is 19.8. The lowest BCUT2D eigenvalue weighted by Crippen LogP contribution is -2.30. The van der Waals surface area contributed by atoms with Crippen molar-refractivity contribution in [1.82, 2.24) is 0 Å². The van der Waals surface area contributed by atoms with Gasteiger partial charge in [0.1, 0.15) is 0 Å². The topological polar surface area (TPSA) is 66.5 Å². The second-order valence-corrected chi connectivity index (χ2v) is 7.56. The van der Waals surface area contributed by atoms with Crippen LogP contribution in [0.25, 0.3) is 0 Å². The van der Waals surface area contributed by atoms with Crippen LogP contribution in [0.5, 0.6) is 0 Å². The molecule has 28 heavy (non-hydrogen) atoms. The zero-order valence-corrected chi connectivity index (χ0v) is 16.1. The molecule has 0 unspecified atom stereocenters.